The lowest BCUT2D eigenvalue weighted by atomic mass is 10.2. The monoisotopic (exact) mass is 343 g/mol. The summed E-state index contributed by atoms with van der Waals surface area (Å²) in [6.07, 6.45) is 5.28. The van der Waals surface area contributed by atoms with Crippen molar-refractivity contribution in [2.45, 2.75) is 13.3 Å². The fourth-order valence-electron chi connectivity index (χ4n) is 2.27. The van der Waals surface area contributed by atoms with E-state index >= 15 is 0 Å². The normalized spacial score (nSPS) is 10.5. The minimum Gasteiger partial charge on any atom is -0.462 e. The van der Waals surface area contributed by atoms with E-state index in [4.69, 9.17) is 4.74 Å². The number of hydrogen-bond donors (Lipinski definition) is 2. The largest absolute Gasteiger partial charge is 0.462 e. The van der Waals surface area contributed by atoms with Crippen LogP contribution in [0.2, 0.25) is 0 Å². The maximum Gasteiger partial charge on any atom is 0.343 e. The lowest BCUT2D eigenvalue weighted by Gasteiger charge is -2.09. The standard InChI is InChI=1S/C16H17N5O2S/c1-2-23-16(22)11-8-17-9-21-15(11)18-6-5-12-14(20-10-19-12)13-4-3-7-24-13/h3-4,7-10H,2,5-6H2,1H3,(H,19,20)(H,17,18,21). The van der Waals surface area contributed by atoms with Crippen LogP contribution in [-0.4, -0.2) is 39.1 Å². The van der Waals surface area contributed by atoms with E-state index in [1.54, 1.807) is 24.6 Å². The summed E-state index contributed by atoms with van der Waals surface area (Å²) in [6.45, 7) is 2.68. The number of H-pyrrole nitrogens is 1. The summed E-state index contributed by atoms with van der Waals surface area (Å²) in [5.41, 5.74) is 2.33. The van der Waals surface area contributed by atoms with Crippen LogP contribution >= 0.6 is 11.3 Å². The molecule has 2 N–H and O–H groups in total. The molecule has 3 rings (SSSR count). The number of rotatable bonds is 7. The van der Waals surface area contributed by atoms with Crippen molar-refractivity contribution in [3.05, 3.63) is 47.6 Å². The average molecular weight is 343 g/mol. The zero-order valence-electron chi connectivity index (χ0n) is 13.2. The van der Waals surface area contributed by atoms with E-state index in [2.05, 4.69) is 25.3 Å². The van der Waals surface area contributed by atoms with Gasteiger partial charge in [-0.25, -0.2) is 19.7 Å². The number of anilines is 1. The molecular formula is C16H17N5O2S. The second-order valence-corrected chi connectivity index (χ2v) is 5.84. The highest BCUT2D eigenvalue weighted by molar-refractivity contribution is 7.13. The molecule has 7 nitrogen and oxygen atoms in total. The van der Waals surface area contributed by atoms with Gasteiger partial charge in [-0.05, 0) is 18.4 Å². The Bertz CT molecular complexity index is 800. The van der Waals surface area contributed by atoms with Crippen LogP contribution in [0, 0.1) is 0 Å². The molecule has 0 spiro atoms. The Labute approximate surface area is 143 Å². The highest BCUT2D eigenvalue weighted by Gasteiger charge is 2.14. The van der Waals surface area contributed by atoms with Crippen molar-refractivity contribution in [1.82, 2.24) is 19.9 Å². The van der Waals surface area contributed by atoms with Crippen molar-refractivity contribution < 1.29 is 9.53 Å². The predicted octanol–water partition coefficient (Wildman–Crippen LogP) is 2.76. The number of ether oxygens (including phenoxy) is 1. The van der Waals surface area contributed by atoms with Crippen molar-refractivity contribution in [2.75, 3.05) is 18.5 Å². The zero-order chi connectivity index (χ0) is 16.8. The molecule has 0 fully saturated rings. The van der Waals surface area contributed by atoms with Crippen LogP contribution in [-0.2, 0) is 11.2 Å². The number of aromatic amines is 1. The molecule has 0 amide bonds. The van der Waals surface area contributed by atoms with Gasteiger partial charge in [0.15, 0.2) is 0 Å². The van der Waals surface area contributed by atoms with Crippen LogP contribution in [0.15, 0.2) is 36.4 Å². The molecule has 0 unspecified atom stereocenters. The Kier molecular flexibility index (Phi) is 5.17. The van der Waals surface area contributed by atoms with Gasteiger partial charge >= 0.3 is 5.97 Å². The van der Waals surface area contributed by atoms with Gasteiger partial charge in [-0.1, -0.05) is 6.07 Å². The maximum atomic E-state index is 11.9. The molecule has 0 aliphatic carbocycles. The second kappa shape index (κ2) is 7.69. The summed E-state index contributed by atoms with van der Waals surface area (Å²) in [4.78, 5) is 28.6. The lowest BCUT2D eigenvalue weighted by molar-refractivity contribution is 0.0526. The first kappa shape index (κ1) is 16.1. The van der Waals surface area contributed by atoms with Crippen LogP contribution in [0.25, 0.3) is 10.6 Å². The van der Waals surface area contributed by atoms with Gasteiger partial charge < -0.3 is 15.0 Å². The molecule has 0 saturated carbocycles. The lowest BCUT2D eigenvalue weighted by Crippen LogP contribution is -2.14. The van der Waals surface area contributed by atoms with Crippen molar-refractivity contribution in [1.29, 1.82) is 0 Å². The van der Waals surface area contributed by atoms with Crippen molar-refractivity contribution in [2.24, 2.45) is 0 Å². The van der Waals surface area contributed by atoms with Gasteiger partial charge in [0.25, 0.3) is 0 Å². The third-order valence-electron chi connectivity index (χ3n) is 3.35. The van der Waals surface area contributed by atoms with E-state index in [-0.39, 0.29) is 0 Å². The molecule has 3 heterocycles. The topological polar surface area (TPSA) is 92.8 Å². The Balaban J connectivity index is 1.66. The van der Waals surface area contributed by atoms with E-state index in [0.717, 1.165) is 22.7 Å². The molecule has 0 aliphatic heterocycles. The summed E-state index contributed by atoms with van der Waals surface area (Å²) in [5.74, 6) is 0.0436. The third-order valence-corrected chi connectivity index (χ3v) is 4.22. The van der Waals surface area contributed by atoms with Crippen molar-refractivity contribution in [3.63, 3.8) is 0 Å². The summed E-state index contributed by atoms with van der Waals surface area (Å²) in [5, 5.41) is 5.19. The SMILES string of the molecule is CCOC(=O)c1cncnc1NCCc1[nH]cnc1-c1cccs1. The molecule has 0 bridgehead atoms. The number of aromatic nitrogens is 4. The fraction of sp³-hybridized carbons (Fsp3) is 0.250. The number of carbonyl (C=O) groups excluding carboxylic acids is 1. The first-order chi connectivity index (χ1) is 11.8. The number of imidazole rings is 1. The number of carbonyl (C=O) groups is 1. The Morgan fingerprint density at radius 1 is 1.42 bits per heavy atom. The first-order valence-corrected chi connectivity index (χ1v) is 8.44. The van der Waals surface area contributed by atoms with Crippen LogP contribution < -0.4 is 5.32 Å². The number of hydrogen-bond acceptors (Lipinski definition) is 7. The maximum absolute atomic E-state index is 11.9. The number of nitrogens with one attached hydrogen (secondary N) is 2. The van der Waals surface area contributed by atoms with Gasteiger partial charge in [-0.15, -0.1) is 11.3 Å². The molecular weight excluding hydrogens is 326 g/mol. The highest BCUT2D eigenvalue weighted by Crippen LogP contribution is 2.25. The molecule has 8 heteroatoms. The average Bonchev–Trinajstić information content (AvgIpc) is 3.26. The Hall–Kier alpha value is -2.74. The van der Waals surface area contributed by atoms with Gasteiger partial charge in [-0.3, -0.25) is 0 Å². The third kappa shape index (κ3) is 3.60. The minimum absolute atomic E-state index is 0.311. The molecule has 0 aliphatic rings. The van der Waals surface area contributed by atoms with Crippen molar-refractivity contribution >= 4 is 23.1 Å². The van der Waals surface area contributed by atoms with Gasteiger partial charge in [0.2, 0.25) is 0 Å². The summed E-state index contributed by atoms with van der Waals surface area (Å²) < 4.78 is 5.02. The number of nitrogens with zero attached hydrogens (tertiary/aromatic N) is 3. The minimum atomic E-state index is -0.429. The van der Waals surface area contributed by atoms with Gasteiger partial charge in [0.05, 0.1) is 17.8 Å². The Morgan fingerprint density at radius 2 is 2.33 bits per heavy atom. The molecule has 0 saturated heterocycles. The molecule has 24 heavy (non-hydrogen) atoms. The quantitative estimate of drug-likeness (QED) is 0.641. The smallest absolute Gasteiger partial charge is 0.343 e. The van der Waals surface area contributed by atoms with Crippen LogP contribution in [0.4, 0.5) is 5.82 Å². The van der Waals surface area contributed by atoms with E-state index in [9.17, 15) is 4.79 Å². The number of thiophene rings is 1. The van der Waals surface area contributed by atoms with Gasteiger partial charge in [-0.2, -0.15) is 0 Å². The van der Waals surface area contributed by atoms with Crippen molar-refractivity contribution in [3.8, 4) is 10.6 Å². The van der Waals surface area contributed by atoms with Gasteiger partial charge in [0.1, 0.15) is 23.4 Å². The predicted molar refractivity (Wildman–Crippen MR) is 92.1 cm³/mol. The fourth-order valence-corrected chi connectivity index (χ4v) is 3.02. The molecule has 3 aromatic rings. The van der Waals surface area contributed by atoms with E-state index in [1.807, 2.05) is 17.5 Å². The van der Waals surface area contributed by atoms with E-state index in [1.165, 1.54) is 12.5 Å². The molecule has 0 atom stereocenters. The number of esters is 1. The van der Waals surface area contributed by atoms with Gasteiger partial charge in [0, 0.05) is 24.9 Å². The molecule has 0 aromatic carbocycles. The van der Waals surface area contributed by atoms with Crippen LogP contribution in [0.3, 0.4) is 0 Å². The van der Waals surface area contributed by atoms with E-state index in [0.29, 0.717) is 24.5 Å². The highest BCUT2D eigenvalue weighted by atomic mass is 32.1. The van der Waals surface area contributed by atoms with Crippen LogP contribution in [0.5, 0.6) is 0 Å². The van der Waals surface area contributed by atoms with E-state index < -0.39 is 5.97 Å². The summed E-state index contributed by atoms with van der Waals surface area (Å²) >= 11 is 1.65. The Morgan fingerprint density at radius 3 is 3.12 bits per heavy atom. The molecule has 0 radical (unpaired) electrons. The molecule has 124 valence electrons. The summed E-state index contributed by atoms with van der Waals surface area (Å²) in [6, 6.07) is 4.05. The zero-order valence-corrected chi connectivity index (χ0v) is 14.0. The first-order valence-electron chi connectivity index (χ1n) is 7.56. The molecule has 3 aromatic heterocycles. The van der Waals surface area contributed by atoms with Crippen LogP contribution in [0.1, 0.15) is 23.0 Å². The second-order valence-electron chi connectivity index (χ2n) is 4.89. The summed E-state index contributed by atoms with van der Waals surface area (Å²) in [7, 11) is 0.